The third-order valence-electron chi connectivity index (χ3n) is 13.8. The molecule has 1 N–H and O–H groups in total. The number of nitrogens with zero attached hydrogens (tertiary/aromatic N) is 7. The van der Waals surface area contributed by atoms with Gasteiger partial charge in [-0.3, -0.25) is 0 Å². The zero-order valence-corrected chi connectivity index (χ0v) is 40.1. The maximum absolute atomic E-state index is 11.9. The zero-order valence-electron chi connectivity index (χ0n) is 38.5. The van der Waals surface area contributed by atoms with Gasteiger partial charge < -0.3 is 48.4 Å². The molecule has 6 heterocycles. The molecule has 5 aromatic rings. The molecule has 0 radical (unpaired) electrons. The predicted molar refractivity (Wildman–Crippen MR) is 261 cm³/mol. The summed E-state index contributed by atoms with van der Waals surface area (Å²) in [5.74, 6) is 0.793. The molecule has 1 aromatic heterocycles. The van der Waals surface area contributed by atoms with E-state index in [1.54, 1.807) is 0 Å². The lowest BCUT2D eigenvalue weighted by molar-refractivity contribution is -0.168. The smallest absolute Gasteiger partial charge is 0.407 e. The van der Waals surface area contributed by atoms with Gasteiger partial charge in [0.25, 0.3) is 0 Å². The number of rotatable bonds is 12. The van der Waals surface area contributed by atoms with Gasteiger partial charge in [0.05, 0.1) is 44.0 Å². The fraction of sp³-hybridized carbons (Fsp3) is 0.500. The number of halogens is 1. The quantitative estimate of drug-likeness (QED) is 0.127. The van der Waals surface area contributed by atoms with Gasteiger partial charge in [0, 0.05) is 71.9 Å². The van der Waals surface area contributed by atoms with Crippen LogP contribution in [0.1, 0.15) is 80.2 Å². The fourth-order valence-electron chi connectivity index (χ4n) is 10.2. The minimum atomic E-state index is -0.994. The molecule has 4 saturated heterocycles. The summed E-state index contributed by atoms with van der Waals surface area (Å²) in [5.41, 5.74) is 5.46. The minimum absolute atomic E-state index is 0.0357. The van der Waals surface area contributed by atoms with E-state index in [9.17, 15) is 15.2 Å². The second kappa shape index (κ2) is 22.4. The Morgan fingerprint density at radius 3 is 2.10 bits per heavy atom. The number of carboxylic acid groups (broad SMARTS) is 1. The van der Waals surface area contributed by atoms with E-state index in [2.05, 4.69) is 117 Å². The number of ether oxygens (including phenoxy) is 5. The maximum atomic E-state index is 11.9. The van der Waals surface area contributed by atoms with Crippen LogP contribution in [0.4, 0.5) is 16.3 Å². The zero-order chi connectivity index (χ0) is 46.1. The van der Waals surface area contributed by atoms with E-state index in [-0.39, 0.29) is 19.0 Å². The largest absolute Gasteiger partial charge is 0.465 e. The lowest BCUT2D eigenvalue weighted by Gasteiger charge is -2.41. The van der Waals surface area contributed by atoms with Gasteiger partial charge in [-0.05, 0) is 105 Å². The molecule has 0 aliphatic carbocycles. The van der Waals surface area contributed by atoms with Crippen LogP contribution in [-0.4, -0.2) is 115 Å². The number of likely N-dealkylation sites (tertiary alicyclic amines) is 1. The minimum Gasteiger partial charge on any atom is -0.465 e. The van der Waals surface area contributed by atoms with E-state index in [4.69, 9.17) is 33.7 Å². The van der Waals surface area contributed by atoms with Gasteiger partial charge in [-0.15, -0.1) is 0 Å². The van der Waals surface area contributed by atoms with E-state index in [1.807, 2.05) is 0 Å². The van der Waals surface area contributed by atoms with E-state index in [0.717, 1.165) is 116 Å². The third kappa shape index (κ3) is 11.3. The van der Waals surface area contributed by atoms with Crippen molar-refractivity contribution < 1.29 is 33.6 Å². The predicted octanol–water partition coefficient (Wildman–Crippen LogP) is 9.44. The molecule has 67 heavy (non-hydrogen) atoms. The summed E-state index contributed by atoms with van der Waals surface area (Å²) in [7, 11) is 2.13. The number of aromatic nitrogens is 2. The Kier molecular flexibility index (Phi) is 15.7. The first-order valence-corrected chi connectivity index (χ1v) is 24.8. The number of likely N-dealkylation sites (N-methyl/N-ethyl adjacent to an activating group) is 1. The molecular formula is C52H62BrN7O7. The number of hydrogen-bond donors (Lipinski definition) is 1. The summed E-state index contributed by atoms with van der Waals surface area (Å²) in [4.78, 5) is 30.1. The molecule has 0 spiro atoms. The van der Waals surface area contributed by atoms with Crippen molar-refractivity contribution in [2.24, 2.45) is 0 Å². The van der Waals surface area contributed by atoms with Crippen molar-refractivity contribution in [2.45, 2.75) is 109 Å². The normalized spacial score (nSPS) is 22.3. The first kappa shape index (κ1) is 47.0. The molecule has 4 fully saturated rings. The molecule has 4 atom stereocenters. The topological polar surface area (TPSA) is 146 Å². The Balaban J connectivity index is 0.000000246. The average Bonchev–Trinajstić information content (AvgIpc) is 3.78. The summed E-state index contributed by atoms with van der Waals surface area (Å²) < 4.78 is 31.0. The summed E-state index contributed by atoms with van der Waals surface area (Å²) in [6, 6.07) is 27.8. The van der Waals surface area contributed by atoms with Gasteiger partial charge in [0.1, 0.15) is 12.4 Å². The van der Waals surface area contributed by atoms with Crippen molar-refractivity contribution in [3.05, 3.63) is 99.7 Å². The maximum Gasteiger partial charge on any atom is 0.407 e. The Hall–Kier alpha value is -5.08. The SMILES string of the molecule is Brc1cccc2cccc(COC3CCCCO3)c12.CN1CCC[C@H]1COc1nc2c(c(N3CCN(C(=O)O)[C@@H](CC#N)C3)n1)CCN(c1cccc3cccc(COC4CCCCO4)c13)C2. The van der Waals surface area contributed by atoms with E-state index in [1.165, 1.54) is 33.0 Å². The van der Waals surface area contributed by atoms with Gasteiger partial charge >= 0.3 is 12.1 Å². The van der Waals surface area contributed by atoms with E-state index >= 15 is 0 Å². The molecule has 4 aromatic carbocycles. The molecule has 0 bridgehead atoms. The fourth-order valence-corrected chi connectivity index (χ4v) is 10.8. The molecular weight excluding hydrogens is 915 g/mol. The van der Waals surface area contributed by atoms with E-state index in [0.29, 0.717) is 58.1 Å². The van der Waals surface area contributed by atoms with Crippen LogP contribution in [-0.2, 0) is 45.1 Å². The van der Waals surface area contributed by atoms with Crippen molar-refractivity contribution in [1.29, 1.82) is 5.26 Å². The van der Waals surface area contributed by atoms with Crippen molar-refractivity contribution >= 4 is 55.1 Å². The number of nitriles is 1. The van der Waals surface area contributed by atoms with Gasteiger partial charge in [0.2, 0.25) is 0 Å². The first-order valence-electron chi connectivity index (χ1n) is 24.1. The summed E-state index contributed by atoms with van der Waals surface area (Å²) in [6.07, 6.45) is 8.38. The number of amides is 1. The second-order valence-electron chi connectivity index (χ2n) is 18.2. The monoisotopic (exact) mass is 975 g/mol. The molecule has 5 aliphatic heterocycles. The Labute approximate surface area is 401 Å². The second-order valence-corrected chi connectivity index (χ2v) is 19.1. The first-order chi connectivity index (χ1) is 32.8. The molecule has 1 amide bonds. The molecule has 10 rings (SSSR count). The molecule has 5 aliphatic rings. The highest BCUT2D eigenvalue weighted by Crippen LogP contribution is 2.37. The molecule has 15 heteroatoms. The van der Waals surface area contributed by atoms with Gasteiger partial charge in [-0.1, -0.05) is 76.6 Å². The number of carbonyl (C=O) groups is 1. The summed E-state index contributed by atoms with van der Waals surface area (Å²) in [5, 5.41) is 24.1. The molecule has 354 valence electrons. The Bertz CT molecular complexity index is 2520. The summed E-state index contributed by atoms with van der Waals surface area (Å²) in [6.45, 7) is 6.78. The number of anilines is 2. The van der Waals surface area contributed by atoms with Crippen molar-refractivity contribution in [3.63, 3.8) is 0 Å². The van der Waals surface area contributed by atoms with Crippen LogP contribution >= 0.6 is 15.9 Å². The average molecular weight is 977 g/mol. The molecule has 0 saturated carbocycles. The lowest BCUT2D eigenvalue weighted by Crippen LogP contribution is -2.55. The Morgan fingerprint density at radius 1 is 0.791 bits per heavy atom. The van der Waals surface area contributed by atoms with Gasteiger partial charge in [0.15, 0.2) is 12.6 Å². The number of fused-ring (bicyclic) bond motifs is 3. The van der Waals surface area contributed by atoms with Gasteiger partial charge in [-0.25, -0.2) is 4.79 Å². The van der Waals surface area contributed by atoms with Crippen molar-refractivity contribution in [1.82, 2.24) is 19.8 Å². The number of hydrogen-bond acceptors (Lipinski definition) is 12. The number of benzene rings is 4. The van der Waals surface area contributed by atoms with Crippen LogP contribution in [0.5, 0.6) is 6.01 Å². The van der Waals surface area contributed by atoms with E-state index < -0.39 is 12.1 Å². The van der Waals surface area contributed by atoms with Crippen molar-refractivity contribution in [3.8, 4) is 12.1 Å². The van der Waals surface area contributed by atoms with Crippen LogP contribution in [0.2, 0.25) is 0 Å². The van der Waals surface area contributed by atoms with Crippen LogP contribution in [0.15, 0.2) is 77.3 Å². The molecule has 14 nitrogen and oxygen atoms in total. The Morgan fingerprint density at radius 2 is 1.46 bits per heavy atom. The summed E-state index contributed by atoms with van der Waals surface area (Å²) >= 11 is 3.63. The van der Waals surface area contributed by atoms with Crippen molar-refractivity contribution in [2.75, 3.05) is 69.4 Å². The highest BCUT2D eigenvalue weighted by molar-refractivity contribution is 9.10. The van der Waals surface area contributed by atoms with Gasteiger partial charge in [-0.2, -0.15) is 15.2 Å². The standard InChI is InChI=1S/C36H45N7O5.C16H17BrO2/c1-40-16-6-10-28(40)24-48-35-38-30-22-41(17-14-29(30)34(39-35)42-18-19-43(36(44)45)27(21-42)13-15-37)31-11-5-8-25-7-4-9-26(33(25)31)23-47-32-12-2-3-20-46-32;17-14-8-4-6-12-5-3-7-13(16(12)14)11-19-15-9-1-2-10-18-15/h4-5,7-9,11,27-28,32H,2-3,6,10,12-14,16-24H2,1H3,(H,44,45);3-8,15H,1-2,9-11H2/t27-,28-,32?;/m0./s1. The molecule has 2 unspecified atom stereocenters. The highest BCUT2D eigenvalue weighted by atomic mass is 79.9. The number of piperazine rings is 1. The van der Waals surface area contributed by atoms with Crippen LogP contribution in [0.25, 0.3) is 21.5 Å². The van der Waals surface area contributed by atoms with Crippen LogP contribution in [0, 0.1) is 11.3 Å². The third-order valence-corrected chi connectivity index (χ3v) is 14.5. The van der Waals surface area contributed by atoms with Crippen LogP contribution in [0.3, 0.4) is 0 Å². The lowest BCUT2D eigenvalue weighted by atomic mass is 9.99. The highest BCUT2D eigenvalue weighted by Gasteiger charge is 2.34. The van der Waals surface area contributed by atoms with Crippen LogP contribution < -0.4 is 14.5 Å².